The zero-order chi connectivity index (χ0) is 20.8. The summed E-state index contributed by atoms with van der Waals surface area (Å²) in [5.41, 5.74) is -0.248. The molecule has 1 unspecified atom stereocenters. The molecule has 8 nitrogen and oxygen atoms in total. The molecular formula is C19H22F2N4O4. The molecule has 0 aromatic heterocycles. The summed E-state index contributed by atoms with van der Waals surface area (Å²) in [5.74, 6) is -4.45. The SMILES string of the molecule is O=C1CCC(N2Cc3c(CNCC(F)(F)C4(O)CNC4)cccc3C2=O)C(=O)N1. The van der Waals surface area contributed by atoms with E-state index in [9.17, 15) is 28.3 Å². The maximum absolute atomic E-state index is 14.2. The van der Waals surface area contributed by atoms with E-state index >= 15 is 0 Å². The number of aliphatic hydroxyl groups is 1. The first-order valence-corrected chi connectivity index (χ1v) is 9.49. The molecular weight excluding hydrogens is 386 g/mol. The number of carbonyl (C=O) groups excluding carboxylic acids is 3. The number of amides is 3. The third kappa shape index (κ3) is 3.41. The second kappa shape index (κ2) is 7.12. The summed E-state index contributed by atoms with van der Waals surface area (Å²) in [6.45, 7) is -0.726. The number of halogens is 2. The van der Waals surface area contributed by atoms with Gasteiger partial charge in [0.15, 0.2) is 5.60 Å². The van der Waals surface area contributed by atoms with Crippen molar-refractivity contribution in [2.45, 2.75) is 43.5 Å². The molecule has 2 fully saturated rings. The van der Waals surface area contributed by atoms with Crippen molar-refractivity contribution in [3.63, 3.8) is 0 Å². The zero-order valence-corrected chi connectivity index (χ0v) is 15.6. The van der Waals surface area contributed by atoms with Gasteiger partial charge in [-0.15, -0.1) is 0 Å². The second-order valence-corrected chi connectivity index (χ2v) is 7.79. The number of benzene rings is 1. The molecule has 29 heavy (non-hydrogen) atoms. The van der Waals surface area contributed by atoms with E-state index in [0.717, 1.165) is 0 Å². The van der Waals surface area contributed by atoms with E-state index in [2.05, 4.69) is 16.0 Å². The van der Waals surface area contributed by atoms with Gasteiger partial charge in [0, 0.05) is 38.2 Å². The van der Waals surface area contributed by atoms with Crippen molar-refractivity contribution in [1.82, 2.24) is 20.9 Å². The van der Waals surface area contributed by atoms with Crippen LogP contribution in [0.15, 0.2) is 18.2 Å². The Labute approximate surface area is 165 Å². The largest absolute Gasteiger partial charge is 0.381 e. The van der Waals surface area contributed by atoms with E-state index < -0.39 is 30.0 Å². The van der Waals surface area contributed by atoms with Gasteiger partial charge in [0.05, 0.1) is 6.54 Å². The molecule has 156 valence electrons. The van der Waals surface area contributed by atoms with Gasteiger partial charge in [-0.1, -0.05) is 12.1 Å². The molecule has 3 heterocycles. The average Bonchev–Trinajstić information content (AvgIpc) is 2.97. The van der Waals surface area contributed by atoms with Crippen LogP contribution in [0.25, 0.3) is 0 Å². The van der Waals surface area contributed by atoms with E-state index in [1.807, 2.05) is 0 Å². The number of piperidine rings is 1. The van der Waals surface area contributed by atoms with Crippen LogP contribution < -0.4 is 16.0 Å². The number of imide groups is 1. The Balaban J connectivity index is 1.44. The smallest absolute Gasteiger partial charge is 0.290 e. The van der Waals surface area contributed by atoms with Crippen molar-refractivity contribution in [1.29, 1.82) is 0 Å². The van der Waals surface area contributed by atoms with Gasteiger partial charge in [0.25, 0.3) is 11.8 Å². The maximum atomic E-state index is 14.2. The predicted octanol–water partition coefficient (Wildman–Crippen LogP) is -0.493. The van der Waals surface area contributed by atoms with Crippen LogP contribution >= 0.6 is 0 Å². The van der Waals surface area contributed by atoms with Gasteiger partial charge in [0.2, 0.25) is 11.8 Å². The van der Waals surface area contributed by atoms with Crippen molar-refractivity contribution in [2.24, 2.45) is 0 Å². The molecule has 0 aliphatic carbocycles. The van der Waals surface area contributed by atoms with Gasteiger partial charge < -0.3 is 20.6 Å². The van der Waals surface area contributed by atoms with Crippen LogP contribution in [0, 0.1) is 0 Å². The Hall–Kier alpha value is -2.43. The highest BCUT2D eigenvalue weighted by Crippen LogP contribution is 2.32. The number of β-amino-alcohol motifs (C(OH)–C–C–N with tert-alkyl or cyclic N) is 1. The first-order valence-electron chi connectivity index (χ1n) is 9.49. The molecule has 0 radical (unpaired) electrons. The first kappa shape index (κ1) is 19.9. The van der Waals surface area contributed by atoms with E-state index in [1.165, 1.54) is 4.90 Å². The van der Waals surface area contributed by atoms with Gasteiger partial charge in [-0.25, -0.2) is 8.78 Å². The fourth-order valence-electron chi connectivity index (χ4n) is 3.95. The number of hydrogen-bond acceptors (Lipinski definition) is 6. The third-order valence-corrected chi connectivity index (χ3v) is 5.86. The summed E-state index contributed by atoms with van der Waals surface area (Å²) in [7, 11) is 0. The lowest BCUT2D eigenvalue weighted by Crippen LogP contribution is -2.71. The summed E-state index contributed by atoms with van der Waals surface area (Å²) in [6, 6.07) is 4.33. The summed E-state index contributed by atoms with van der Waals surface area (Å²) in [4.78, 5) is 37.7. The molecule has 4 rings (SSSR count). The molecule has 1 aromatic rings. The van der Waals surface area contributed by atoms with E-state index in [-0.39, 0.29) is 50.8 Å². The summed E-state index contributed by atoms with van der Waals surface area (Å²) >= 11 is 0. The van der Waals surface area contributed by atoms with Crippen LogP contribution in [0.3, 0.4) is 0 Å². The fraction of sp³-hybridized carbons (Fsp3) is 0.526. The lowest BCUT2D eigenvalue weighted by atomic mass is 9.89. The highest BCUT2D eigenvalue weighted by molar-refractivity contribution is 6.05. The van der Waals surface area contributed by atoms with Crippen LogP contribution in [0.5, 0.6) is 0 Å². The zero-order valence-electron chi connectivity index (χ0n) is 15.6. The Bertz CT molecular complexity index is 872. The molecule has 0 saturated carbocycles. The van der Waals surface area contributed by atoms with Crippen LogP contribution in [0.2, 0.25) is 0 Å². The van der Waals surface area contributed by atoms with Crippen molar-refractivity contribution in [2.75, 3.05) is 19.6 Å². The molecule has 4 N–H and O–H groups in total. The van der Waals surface area contributed by atoms with Crippen LogP contribution in [0.1, 0.15) is 34.3 Å². The number of fused-ring (bicyclic) bond motifs is 1. The van der Waals surface area contributed by atoms with Crippen molar-refractivity contribution >= 4 is 17.7 Å². The lowest BCUT2D eigenvalue weighted by Gasteiger charge is -2.43. The summed E-state index contributed by atoms with van der Waals surface area (Å²) < 4.78 is 28.4. The standard InChI is InChI=1S/C19H22F2N4O4/c20-19(21,18(29)8-23-9-18)10-22-6-11-2-1-3-12-13(11)7-25(17(12)28)14-4-5-15(26)24-16(14)27/h1-3,14,22-23,29H,4-10H2,(H,24,26,27). The van der Waals surface area contributed by atoms with Crippen LogP contribution in [0.4, 0.5) is 8.78 Å². The van der Waals surface area contributed by atoms with Crippen molar-refractivity contribution < 1.29 is 28.3 Å². The molecule has 3 amide bonds. The van der Waals surface area contributed by atoms with Crippen LogP contribution in [-0.4, -0.2) is 64.9 Å². The van der Waals surface area contributed by atoms with E-state index in [4.69, 9.17) is 0 Å². The normalized spacial score (nSPS) is 23.6. The molecule has 0 bridgehead atoms. The van der Waals surface area contributed by atoms with Gasteiger partial charge >= 0.3 is 0 Å². The number of alkyl halides is 2. The monoisotopic (exact) mass is 408 g/mol. The summed E-state index contributed by atoms with van der Waals surface area (Å²) in [5, 5.41) is 17.5. The number of rotatable bonds is 6. The van der Waals surface area contributed by atoms with Gasteiger partial charge in [-0.2, -0.15) is 0 Å². The topological polar surface area (TPSA) is 111 Å². The number of carbonyl (C=O) groups is 3. The van der Waals surface area contributed by atoms with Crippen molar-refractivity contribution in [3.8, 4) is 0 Å². The Morgan fingerprint density at radius 2 is 2.03 bits per heavy atom. The summed E-state index contributed by atoms with van der Waals surface area (Å²) in [6.07, 6.45) is 0.425. The minimum atomic E-state index is -3.29. The third-order valence-electron chi connectivity index (χ3n) is 5.86. The van der Waals surface area contributed by atoms with Gasteiger partial charge in [-0.05, 0) is 23.6 Å². The van der Waals surface area contributed by atoms with Crippen molar-refractivity contribution in [3.05, 3.63) is 34.9 Å². The number of hydrogen-bond donors (Lipinski definition) is 4. The number of nitrogens with one attached hydrogen (secondary N) is 3. The molecule has 1 atom stereocenters. The Morgan fingerprint density at radius 3 is 2.69 bits per heavy atom. The van der Waals surface area contributed by atoms with E-state index in [0.29, 0.717) is 16.7 Å². The Morgan fingerprint density at radius 1 is 1.28 bits per heavy atom. The van der Waals surface area contributed by atoms with Crippen LogP contribution in [-0.2, 0) is 22.7 Å². The molecule has 1 aromatic carbocycles. The highest BCUT2D eigenvalue weighted by Gasteiger charge is 2.56. The number of nitrogens with zero attached hydrogens (tertiary/aromatic N) is 1. The fourth-order valence-corrected chi connectivity index (χ4v) is 3.95. The highest BCUT2D eigenvalue weighted by atomic mass is 19.3. The second-order valence-electron chi connectivity index (χ2n) is 7.79. The molecule has 3 aliphatic rings. The van der Waals surface area contributed by atoms with Gasteiger partial charge in [-0.3, -0.25) is 19.7 Å². The molecule has 0 spiro atoms. The van der Waals surface area contributed by atoms with E-state index in [1.54, 1.807) is 18.2 Å². The average molecular weight is 408 g/mol. The minimum absolute atomic E-state index is 0.0960. The molecule has 3 aliphatic heterocycles. The minimum Gasteiger partial charge on any atom is -0.381 e. The lowest BCUT2D eigenvalue weighted by molar-refractivity contribution is -0.199. The molecule has 2 saturated heterocycles. The predicted molar refractivity (Wildman–Crippen MR) is 97.0 cm³/mol. The molecule has 10 heteroatoms. The quantitative estimate of drug-likeness (QED) is 0.473. The maximum Gasteiger partial charge on any atom is 0.290 e. The van der Waals surface area contributed by atoms with Gasteiger partial charge in [0.1, 0.15) is 6.04 Å². The first-order chi connectivity index (χ1) is 13.7. The Kier molecular flexibility index (Phi) is 4.88.